The molecule has 0 bridgehead atoms. The first-order valence-corrected chi connectivity index (χ1v) is 6.81. The van der Waals surface area contributed by atoms with Gasteiger partial charge in [-0.25, -0.2) is 4.98 Å². The van der Waals surface area contributed by atoms with Gasteiger partial charge < -0.3 is 5.32 Å². The predicted molar refractivity (Wildman–Crippen MR) is 74.0 cm³/mol. The molecule has 0 spiro atoms. The Morgan fingerprint density at radius 1 is 1.35 bits per heavy atom. The average Bonchev–Trinajstić information content (AvgIpc) is 3.15. The molecule has 1 fully saturated rings. The van der Waals surface area contributed by atoms with Crippen LogP contribution in [0.25, 0.3) is 10.9 Å². The number of hydrogen-bond acceptors (Lipinski definition) is 2. The fraction of sp³-hybridized carbons (Fsp3) is 0.357. The standard InChI is InChI=1S/C14H15BrN2/c1-16-13(9-6-7-9)14-11(15)8-10-4-2-3-5-12(10)17-14/h2-5,8-9,13,16H,6-7H2,1H3. The van der Waals surface area contributed by atoms with E-state index in [1.165, 1.54) is 18.2 Å². The van der Waals surface area contributed by atoms with Crippen LogP contribution in [-0.2, 0) is 0 Å². The summed E-state index contributed by atoms with van der Waals surface area (Å²) in [5, 5.41) is 4.58. The van der Waals surface area contributed by atoms with Crippen LogP contribution in [0, 0.1) is 5.92 Å². The van der Waals surface area contributed by atoms with Gasteiger partial charge in [-0.2, -0.15) is 0 Å². The lowest BCUT2D eigenvalue weighted by atomic mass is 10.1. The van der Waals surface area contributed by atoms with Gasteiger partial charge in [-0.15, -0.1) is 0 Å². The summed E-state index contributed by atoms with van der Waals surface area (Å²) in [5.74, 6) is 0.755. The van der Waals surface area contributed by atoms with Crippen LogP contribution in [0.1, 0.15) is 24.6 Å². The number of rotatable bonds is 3. The predicted octanol–water partition coefficient (Wildman–Crippen LogP) is 3.67. The molecule has 17 heavy (non-hydrogen) atoms. The third-order valence-electron chi connectivity index (χ3n) is 3.40. The number of nitrogens with zero attached hydrogens (tertiary/aromatic N) is 1. The maximum atomic E-state index is 4.80. The first-order chi connectivity index (χ1) is 8.29. The molecule has 0 saturated heterocycles. The third-order valence-corrected chi connectivity index (χ3v) is 4.04. The van der Waals surface area contributed by atoms with Crippen molar-refractivity contribution in [2.24, 2.45) is 5.92 Å². The molecule has 3 heteroatoms. The molecule has 1 aliphatic rings. The molecule has 1 atom stereocenters. The minimum absolute atomic E-state index is 0.383. The van der Waals surface area contributed by atoms with Crippen LogP contribution >= 0.6 is 15.9 Å². The Kier molecular flexibility index (Phi) is 2.89. The van der Waals surface area contributed by atoms with E-state index in [0.29, 0.717) is 6.04 Å². The lowest BCUT2D eigenvalue weighted by Gasteiger charge is -2.17. The van der Waals surface area contributed by atoms with E-state index in [2.05, 4.69) is 39.4 Å². The first kappa shape index (κ1) is 11.2. The Hall–Kier alpha value is -0.930. The number of hydrogen-bond donors (Lipinski definition) is 1. The van der Waals surface area contributed by atoms with E-state index in [1.807, 2.05) is 19.2 Å². The van der Waals surface area contributed by atoms with Crippen molar-refractivity contribution in [2.45, 2.75) is 18.9 Å². The maximum Gasteiger partial charge on any atom is 0.0725 e. The van der Waals surface area contributed by atoms with Crippen LogP contribution in [-0.4, -0.2) is 12.0 Å². The second-order valence-electron chi connectivity index (χ2n) is 4.65. The van der Waals surface area contributed by atoms with E-state index in [4.69, 9.17) is 4.98 Å². The maximum absolute atomic E-state index is 4.80. The largest absolute Gasteiger partial charge is 0.311 e. The second-order valence-corrected chi connectivity index (χ2v) is 5.51. The molecule has 1 aromatic heterocycles. The minimum atomic E-state index is 0.383. The molecule has 3 rings (SSSR count). The Morgan fingerprint density at radius 2 is 2.12 bits per heavy atom. The highest BCUT2D eigenvalue weighted by molar-refractivity contribution is 9.10. The van der Waals surface area contributed by atoms with Gasteiger partial charge in [0.05, 0.1) is 17.3 Å². The van der Waals surface area contributed by atoms with Crippen molar-refractivity contribution in [3.63, 3.8) is 0 Å². The summed E-state index contributed by atoms with van der Waals surface area (Å²) in [6.45, 7) is 0. The number of aromatic nitrogens is 1. The Morgan fingerprint density at radius 3 is 2.82 bits per heavy atom. The zero-order valence-electron chi connectivity index (χ0n) is 9.78. The smallest absolute Gasteiger partial charge is 0.0725 e. The zero-order valence-corrected chi connectivity index (χ0v) is 11.4. The van der Waals surface area contributed by atoms with E-state index >= 15 is 0 Å². The Balaban J connectivity index is 2.11. The van der Waals surface area contributed by atoms with Crippen molar-refractivity contribution < 1.29 is 0 Å². The van der Waals surface area contributed by atoms with Crippen LogP contribution < -0.4 is 5.32 Å². The minimum Gasteiger partial charge on any atom is -0.311 e. The van der Waals surface area contributed by atoms with Gasteiger partial charge in [-0.05, 0) is 53.9 Å². The van der Waals surface area contributed by atoms with Crippen LogP contribution in [0.15, 0.2) is 34.8 Å². The number of nitrogens with one attached hydrogen (secondary N) is 1. The summed E-state index contributed by atoms with van der Waals surface area (Å²) in [4.78, 5) is 4.80. The SMILES string of the molecule is CNC(c1nc2ccccc2cc1Br)C1CC1. The Bertz CT molecular complexity index is 549. The molecular formula is C14H15BrN2. The summed E-state index contributed by atoms with van der Waals surface area (Å²) in [6, 6.07) is 10.8. The van der Waals surface area contributed by atoms with Crippen molar-refractivity contribution >= 4 is 26.8 Å². The first-order valence-electron chi connectivity index (χ1n) is 6.02. The molecule has 1 N–H and O–H groups in total. The zero-order chi connectivity index (χ0) is 11.8. The number of halogens is 1. The summed E-state index contributed by atoms with van der Waals surface area (Å²) >= 11 is 3.65. The van der Waals surface area contributed by atoms with Gasteiger partial charge in [0.15, 0.2) is 0 Å². The van der Waals surface area contributed by atoms with Crippen molar-refractivity contribution in [2.75, 3.05) is 7.05 Å². The van der Waals surface area contributed by atoms with Crippen molar-refractivity contribution in [3.05, 3.63) is 40.5 Å². The van der Waals surface area contributed by atoms with E-state index < -0.39 is 0 Å². The molecular weight excluding hydrogens is 276 g/mol. The lowest BCUT2D eigenvalue weighted by molar-refractivity contribution is 0.515. The molecule has 0 radical (unpaired) electrons. The number of para-hydroxylation sites is 1. The molecule has 88 valence electrons. The summed E-state index contributed by atoms with van der Waals surface area (Å²) in [7, 11) is 2.02. The number of pyridine rings is 1. The van der Waals surface area contributed by atoms with Gasteiger partial charge in [0, 0.05) is 9.86 Å². The molecule has 1 heterocycles. The van der Waals surface area contributed by atoms with Crippen LogP contribution in [0.4, 0.5) is 0 Å². The Labute approximate surface area is 110 Å². The van der Waals surface area contributed by atoms with E-state index in [9.17, 15) is 0 Å². The van der Waals surface area contributed by atoms with Crippen molar-refractivity contribution in [1.29, 1.82) is 0 Å². The van der Waals surface area contributed by atoms with Gasteiger partial charge in [-0.1, -0.05) is 18.2 Å². The third kappa shape index (κ3) is 2.09. The molecule has 2 nitrogen and oxygen atoms in total. The van der Waals surface area contributed by atoms with E-state index in [0.717, 1.165) is 21.6 Å². The quantitative estimate of drug-likeness (QED) is 0.933. The molecule has 1 saturated carbocycles. The van der Waals surface area contributed by atoms with Crippen LogP contribution in [0.5, 0.6) is 0 Å². The highest BCUT2D eigenvalue weighted by Crippen LogP contribution is 2.42. The topological polar surface area (TPSA) is 24.9 Å². The summed E-state index contributed by atoms with van der Waals surface area (Å²) in [6.07, 6.45) is 2.62. The molecule has 0 aliphatic heterocycles. The van der Waals surface area contributed by atoms with Crippen LogP contribution in [0.3, 0.4) is 0 Å². The second kappa shape index (κ2) is 4.39. The van der Waals surface area contributed by atoms with Gasteiger partial charge in [0.25, 0.3) is 0 Å². The van der Waals surface area contributed by atoms with Crippen LogP contribution in [0.2, 0.25) is 0 Å². The van der Waals surface area contributed by atoms with Gasteiger partial charge in [0.2, 0.25) is 0 Å². The fourth-order valence-corrected chi connectivity index (χ4v) is 2.93. The van der Waals surface area contributed by atoms with E-state index in [-0.39, 0.29) is 0 Å². The molecule has 1 aromatic carbocycles. The van der Waals surface area contributed by atoms with Crippen molar-refractivity contribution in [3.8, 4) is 0 Å². The highest BCUT2D eigenvalue weighted by Gasteiger charge is 2.33. The molecule has 0 amide bonds. The molecule has 1 unspecified atom stereocenters. The lowest BCUT2D eigenvalue weighted by Crippen LogP contribution is -2.20. The monoisotopic (exact) mass is 290 g/mol. The number of benzene rings is 1. The summed E-state index contributed by atoms with van der Waals surface area (Å²) < 4.78 is 1.11. The highest BCUT2D eigenvalue weighted by atomic mass is 79.9. The summed E-state index contributed by atoms with van der Waals surface area (Å²) in [5.41, 5.74) is 2.22. The molecule has 2 aromatic rings. The normalized spacial score (nSPS) is 17.3. The molecule has 1 aliphatic carbocycles. The van der Waals surface area contributed by atoms with Crippen molar-refractivity contribution in [1.82, 2.24) is 10.3 Å². The number of fused-ring (bicyclic) bond motifs is 1. The van der Waals surface area contributed by atoms with Gasteiger partial charge >= 0.3 is 0 Å². The van der Waals surface area contributed by atoms with Gasteiger partial charge in [0.1, 0.15) is 0 Å². The van der Waals surface area contributed by atoms with E-state index in [1.54, 1.807) is 0 Å². The fourth-order valence-electron chi connectivity index (χ4n) is 2.35. The average molecular weight is 291 g/mol. The van der Waals surface area contributed by atoms with Gasteiger partial charge in [-0.3, -0.25) is 0 Å².